The first-order chi connectivity index (χ1) is 9.33. The minimum Gasteiger partial charge on any atom is -0.349 e. The molecule has 0 spiro atoms. The molecule has 1 aromatic carbocycles. The fourth-order valence-electron chi connectivity index (χ4n) is 1.92. The van der Waals surface area contributed by atoms with E-state index >= 15 is 0 Å². The molecule has 0 saturated heterocycles. The van der Waals surface area contributed by atoms with Gasteiger partial charge in [-0.3, -0.25) is 4.98 Å². The fourth-order valence-corrected chi connectivity index (χ4v) is 1.92. The molecule has 2 heterocycles. The Kier molecular flexibility index (Phi) is 3.06. The molecule has 0 radical (unpaired) electrons. The first kappa shape index (κ1) is 11.6. The van der Waals surface area contributed by atoms with E-state index in [1.807, 2.05) is 49.5 Å². The van der Waals surface area contributed by atoms with E-state index in [4.69, 9.17) is 0 Å². The average Bonchev–Trinajstić information content (AvgIpc) is 2.46. The highest BCUT2D eigenvalue weighted by molar-refractivity contribution is 5.78. The van der Waals surface area contributed by atoms with Crippen molar-refractivity contribution < 1.29 is 0 Å². The third kappa shape index (κ3) is 2.52. The molecule has 0 aliphatic heterocycles. The first-order valence-corrected chi connectivity index (χ1v) is 6.19. The number of hydrogen-bond acceptors (Lipinski definition) is 4. The number of nitrogens with zero attached hydrogens (tertiary/aromatic N) is 3. The zero-order chi connectivity index (χ0) is 13.1. The van der Waals surface area contributed by atoms with Gasteiger partial charge in [-0.05, 0) is 24.6 Å². The van der Waals surface area contributed by atoms with Gasteiger partial charge >= 0.3 is 0 Å². The number of aromatic nitrogens is 3. The topological polar surface area (TPSA) is 50.7 Å². The van der Waals surface area contributed by atoms with E-state index in [9.17, 15) is 0 Å². The molecule has 1 N–H and O–H groups in total. The van der Waals surface area contributed by atoms with Gasteiger partial charge in [0.05, 0.1) is 17.8 Å². The van der Waals surface area contributed by atoms with Crippen LogP contribution in [0, 0.1) is 6.92 Å². The Labute approximate surface area is 111 Å². The van der Waals surface area contributed by atoms with Crippen LogP contribution in [0.4, 0.5) is 5.95 Å². The number of anilines is 1. The molecule has 4 nitrogen and oxygen atoms in total. The summed E-state index contributed by atoms with van der Waals surface area (Å²) < 4.78 is 0. The summed E-state index contributed by atoms with van der Waals surface area (Å²) in [6, 6.07) is 11.9. The van der Waals surface area contributed by atoms with Crippen molar-refractivity contribution in [3.63, 3.8) is 0 Å². The van der Waals surface area contributed by atoms with Crippen LogP contribution in [0.25, 0.3) is 10.9 Å². The van der Waals surface area contributed by atoms with E-state index in [1.165, 1.54) is 0 Å². The molecule has 0 aliphatic carbocycles. The van der Waals surface area contributed by atoms with Crippen LogP contribution >= 0.6 is 0 Å². The van der Waals surface area contributed by atoms with Gasteiger partial charge in [-0.1, -0.05) is 24.3 Å². The van der Waals surface area contributed by atoms with Crippen LogP contribution in [0.1, 0.15) is 11.3 Å². The summed E-state index contributed by atoms with van der Waals surface area (Å²) in [5, 5.41) is 4.25. The zero-order valence-corrected chi connectivity index (χ0v) is 10.7. The molecule has 0 saturated carbocycles. The molecule has 0 atom stereocenters. The summed E-state index contributed by atoms with van der Waals surface area (Å²) >= 11 is 0. The predicted octanol–water partition coefficient (Wildman–Crippen LogP) is 2.95. The van der Waals surface area contributed by atoms with Gasteiger partial charge in [0, 0.05) is 17.8 Å². The summed E-state index contributed by atoms with van der Waals surface area (Å²) in [5.41, 5.74) is 3.12. The smallest absolute Gasteiger partial charge is 0.223 e. The second-order valence-corrected chi connectivity index (χ2v) is 4.37. The van der Waals surface area contributed by atoms with Gasteiger partial charge in [-0.15, -0.1) is 0 Å². The van der Waals surface area contributed by atoms with Crippen LogP contribution in [0.3, 0.4) is 0 Å². The molecule has 19 heavy (non-hydrogen) atoms. The Morgan fingerprint density at radius 3 is 2.84 bits per heavy atom. The van der Waals surface area contributed by atoms with Crippen molar-refractivity contribution in [2.75, 3.05) is 5.32 Å². The van der Waals surface area contributed by atoms with Crippen LogP contribution in [0.2, 0.25) is 0 Å². The van der Waals surface area contributed by atoms with Gasteiger partial charge < -0.3 is 5.32 Å². The number of hydrogen-bond donors (Lipinski definition) is 1. The number of fused-ring (bicyclic) bond motifs is 1. The molecule has 0 amide bonds. The van der Waals surface area contributed by atoms with E-state index < -0.39 is 0 Å². The predicted molar refractivity (Wildman–Crippen MR) is 75.8 cm³/mol. The van der Waals surface area contributed by atoms with Gasteiger partial charge in [-0.2, -0.15) is 0 Å². The highest BCUT2D eigenvalue weighted by atomic mass is 15.1. The van der Waals surface area contributed by atoms with Gasteiger partial charge in [-0.25, -0.2) is 9.97 Å². The lowest BCUT2D eigenvalue weighted by Gasteiger charge is -2.07. The Balaban J connectivity index is 1.80. The number of nitrogens with one attached hydrogen (secondary N) is 1. The van der Waals surface area contributed by atoms with E-state index in [1.54, 1.807) is 6.20 Å². The van der Waals surface area contributed by atoms with E-state index in [2.05, 4.69) is 20.3 Å². The summed E-state index contributed by atoms with van der Waals surface area (Å²) in [6.45, 7) is 2.68. The number of rotatable bonds is 3. The molecule has 2 aromatic heterocycles. The Morgan fingerprint density at radius 1 is 1.05 bits per heavy atom. The summed E-state index contributed by atoms with van der Waals surface area (Å²) in [4.78, 5) is 13.1. The molecular formula is C15H14N4. The molecule has 3 aromatic rings. The monoisotopic (exact) mass is 250 g/mol. The highest BCUT2D eigenvalue weighted by Crippen LogP contribution is 2.12. The summed E-state index contributed by atoms with van der Waals surface area (Å²) in [7, 11) is 0. The van der Waals surface area contributed by atoms with Crippen molar-refractivity contribution in [3.8, 4) is 0 Å². The summed E-state index contributed by atoms with van der Waals surface area (Å²) in [5.74, 6) is 0.628. The van der Waals surface area contributed by atoms with Crippen molar-refractivity contribution in [1.82, 2.24) is 15.0 Å². The van der Waals surface area contributed by atoms with Gasteiger partial charge in [0.2, 0.25) is 5.95 Å². The maximum Gasteiger partial charge on any atom is 0.223 e. The van der Waals surface area contributed by atoms with Crippen molar-refractivity contribution in [2.45, 2.75) is 13.5 Å². The second-order valence-electron chi connectivity index (χ2n) is 4.37. The molecular weight excluding hydrogens is 236 g/mol. The minimum absolute atomic E-state index is 0.628. The Hall–Kier alpha value is -2.49. The molecule has 0 bridgehead atoms. The van der Waals surface area contributed by atoms with Gasteiger partial charge in [0.15, 0.2) is 0 Å². The second kappa shape index (κ2) is 5.02. The number of pyridine rings is 1. The van der Waals surface area contributed by atoms with Gasteiger partial charge in [0.1, 0.15) is 0 Å². The summed E-state index contributed by atoms with van der Waals surface area (Å²) in [6.07, 6.45) is 3.63. The quantitative estimate of drug-likeness (QED) is 0.776. The molecule has 94 valence electrons. The molecule has 3 rings (SSSR count). The maximum absolute atomic E-state index is 4.47. The van der Waals surface area contributed by atoms with Crippen molar-refractivity contribution >= 4 is 16.9 Å². The minimum atomic E-state index is 0.628. The zero-order valence-electron chi connectivity index (χ0n) is 10.7. The number of benzene rings is 1. The lowest BCUT2D eigenvalue weighted by molar-refractivity contribution is 0.990. The van der Waals surface area contributed by atoms with E-state index in [0.29, 0.717) is 12.5 Å². The van der Waals surface area contributed by atoms with Crippen molar-refractivity contribution in [1.29, 1.82) is 0 Å². The van der Waals surface area contributed by atoms with Crippen LogP contribution < -0.4 is 5.32 Å². The van der Waals surface area contributed by atoms with Crippen molar-refractivity contribution in [2.24, 2.45) is 0 Å². The normalized spacial score (nSPS) is 10.6. The lowest BCUT2D eigenvalue weighted by atomic mass is 10.2. The van der Waals surface area contributed by atoms with Crippen LogP contribution in [-0.4, -0.2) is 15.0 Å². The van der Waals surface area contributed by atoms with Crippen LogP contribution in [0.5, 0.6) is 0 Å². The molecule has 0 aliphatic rings. The Morgan fingerprint density at radius 2 is 1.95 bits per heavy atom. The van der Waals surface area contributed by atoms with Crippen LogP contribution in [-0.2, 0) is 6.54 Å². The number of para-hydroxylation sites is 1. The molecule has 0 unspecified atom stereocenters. The Bertz CT molecular complexity index is 709. The lowest BCUT2D eigenvalue weighted by Crippen LogP contribution is -2.06. The third-order valence-electron chi connectivity index (χ3n) is 3.02. The van der Waals surface area contributed by atoms with Crippen LogP contribution in [0.15, 0.2) is 48.8 Å². The maximum atomic E-state index is 4.47. The SMILES string of the molecule is Cc1cccnc1CNc1ncc2ccccc2n1. The van der Waals surface area contributed by atoms with Crippen molar-refractivity contribution in [3.05, 3.63) is 60.0 Å². The van der Waals surface area contributed by atoms with Gasteiger partial charge in [0.25, 0.3) is 0 Å². The fraction of sp³-hybridized carbons (Fsp3) is 0.133. The van der Waals surface area contributed by atoms with E-state index in [-0.39, 0.29) is 0 Å². The number of aryl methyl sites for hydroxylation is 1. The first-order valence-electron chi connectivity index (χ1n) is 6.19. The van der Waals surface area contributed by atoms with E-state index in [0.717, 1.165) is 22.2 Å². The molecule has 0 fully saturated rings. The standard InChI is InChI=1S/C15H14N4/c1-11-5-4-8-16-14(11)10-18-15-17-9-12-6-2-3-7-13(12)19-15/h2-9H,10H2,1H3,(H,17,18,19). The third-order valence-corrected chi connectivity index (χ3v) is 3.02. The average molecular weight is 250 g/mol. The highest BCUT2D eigenvalue weighted by Gasteiger charge is 2.01. The largest absolute Gasteiger partial charge is 0.349 e. The molecule has 4 heteroatoms.